The molecule has 0 spiro atoms. The second kappa shape index (κ2) is 8.68. The zero-order valence-corrected chi connectivity index (χ0v) is 29.5. The number of Topliss-reactive ketones (excluding diaryl/α,β-unsaturated/α-hetero) is 1. The maximum absolute atomic E-state index is 14.8. The van der Waals surface area contributed by atoms with Gasteiger partial charge in [-0.25, -0.2) is 0 Å². The Bertz CT molecular complexity index is 1810. The van der Waals surface area contributed by atoms with Gasteiger partial charge in [0.05, 0.1) is 40.6 Å². The number of ketones is 1. The summed E-state index contributed by atoms with van der Waals surface area (Å²) in [5, 5.41) is 13.4. The molecule has 1 aromatic carbocycles. The SMILES string of the molecule is C=C(C)[C@H]1C(=O)c2c3c(cc4c5c(n1c24)C1(C)C(CCC2[C@]4(C)CCC(C)O[C@H]4CC[C@@]21C)C5)C1=CC(C)(C)OC(C)(C)C1[C@@H]3O. The van der Waals surface area contributed by atoms with Gasteiger partial charge >= 0.3 is 0 Å². The summed E-state index contributed by atoms with van der Waals surface area (Å²) in [5.74, 6) is 1.02. The number of aromatic nitrogens is 1. The molecule has 1 saturated heterocycles. The molecule has 5 nitrogen and oxygen atoms in total. The number of benzene rings is 1. The molecule has 46 heavy (non-hydrogen) atoms. The summed E-state index contributed by atoms with van der Waals surface area (Å²) in [6, 6.07) is 1.95. The zero-order valence-electron chi connectivity index (χ0n) is 29.5. The van der Waals surface area contributed by atoms with E-state index in [2.05, 4.69) is 78.7 Å². The first kappa shape index (κ1) is 29.9. The van der Waals surface area contributed by atoms with E-state index in [1.54, 1.807) is 0 Å². The number of nitrogens with zero attached hydrogens (tertiary/aromatic N) is 1. The third-order valence-electron chi connectivity index (χ3n) is 15.2. The molecule has 1 N–H and O–H groups in total. The molecule has 0 bridgehead atoms. The Hall–Kier alpha value is -2.21. The van der Waals surface area contributed by atoms with E-state index in [1.807, 2.05) is 6.92 Å². The molecule has 246 valence electrons. The maximum Gasteiger partial charge on any atom is 0.192 e. The highest BCUT2D eigenvalue weighted by Crippen LogP contribution is 2.72. The summed E-state index contributed by atoms with van der Waals surface area (Å²) >= 11 is 0. The Morgan fingerprint density at radius 3 is 2.50 bits per heavy atom. The summed E-state index contributed by atoms with van der Waals surface area (Å²) < 4.78 is 15.7. The molecule has 0 amide bonds. The molecule has 2 aromatic rings. The minimum Gasteiger partial charge on any atom is -0.388 e. The molecule has 4 aliphatic carbocycles. The average Bonchev–Trinajstić information content (AvgIpc) is 3.62. The molecule has 0 radical (unpaired) electrons. The first-order valence-corrected chi connectivity index (χ1v) is 18.2. The lowest BCUT2D eigenvalue weighted by Gasteiger charge is -2.66. The molecule has 9 rings (SSSR count). The first-order valence-electron chi connectivity index (χ1n) is 18.2. The molecule has 2 saturated carbocycles. The van der Waals surface area contributed by atoms with Gasteiger partial charge in [0.2, 0.25) is 0 Å². The highest BCUT2D eigenvalue weighted by atomic mass is 16.5. The van der Waals surface area contributed by atoms with Crippen molar-refractivity contribution in [2.75, 3.05) is 0 Å². The van der Waals surface area contributed by atoms with Crippen LogP contribution in [-0.2, 0) is 21.3 Å². The topological polar surface area (TPSA) is 60.7 Å². The van der Waals surface area contributed by atoms with Crippen molar-refractivity contribution >= 4 is 22.3 Å². The molecule has 10 atom stereocenters. The van der Waals surface area contributed by atoms with Crippen LogP contribution in [0.5, 0.6) is 0 Å². The van der Waals surface area contributed by atoms with Crippen LogP contribution in [-0.4, -0.2) is 38.9 Å². The number of hydrogen-bond acceptors (Lipinski definition) is 4. The van der Waals surface area contributed by atoms with Gasteiger partial charge in [0, 0.05) is 28.0 Å². The number of aliphatic hydroxyl groups is 1. The van der Waals surface area contributed by atoms with E-state index < -0.39 is 23.3 Å². The van der Waals surface area contributed by atoms with Crippen molar-refractivity contribution in [3.63, 3.8) is 0 Å². The van der Waals surface area contributed by atoms with Crippen LogP contribution in [0.4, 0.5) is 0 Å². The Kier molecular flexibility index (Phi) is 5.64. The van der Waals surface area contributed by atoms with Crippen molar-refractivity contribution in [1.29, 1.82) is 0 Å². The molecule has 3 fully saturated rings. The fourth-order valence-electron chi connectivity index (χ4n) is 13.4. The molecule has 5 unspecified atom stereocenters. The lowest BCUT2D eigenvalue weighted by molar-refractivity contribution is -0.218. The minimum atomic E-state index is -0.790. The summed E-state index contributed by atoms with van der Waals surface area (Å²) in [6.07, 6.45) is 10.3. The number of allylic oxidation sites excluding steroid dienone is 1. The van der Waals surface area contributed by atoms with Crippen LogP contribution in [0, 0.1) is 28.6 Å². The van der Waals surface area contributed by atoms with E-state index in [0.29, 0.717) is 24.0 Å². The van der Waals surface area contributed by atoms with Crippen LogP contribution in [0.15, 0.2) is 24.3 Å². The minimum absolute atomic E-state index is 0.0651. The monoisotopic (exact) mass is 623 g/mol. The number of carbonyl (C=O) groups excluding carboxylic acids is 1. The fraction of sp³-hybridized carbons (Fsp3) is 0.683. The van der Waals surface area contributed by atoms with Crippen molar-refractivity contribution in [3.05, 3.63) is 52.2 Å². The van der Waals surface area contributed by atoms with E-state index in [9.17, 15) is 9.90 Å². The van der Waals surface area contributed by atoms with Crippen LogP contribution < -0.4 is 0 Å². The Morgan fingerprint density at radius 2 is 1.78 bits per heavy atom. The van der Waals surface area contributed by atoms with Crippen molar-refractivity contribution < 1.29 is 19.4 Å². The molecule has 7 aliphatic rings. The van der Waals surface area contributed by atoms with Gasteiger partial charge in [-0.2, -0.15) is 0 Å². The van der Waals surface area contributed by atoms with Crippen LogP contribution in [0.1, 0.15) is 146 Å². The number of ether oxygens (including phenoxy) is 2. The number of carbonyl (C=O) groups is 1. The molecule has 1 aromatic heterocycles. The predicted octanol–water partition coefficient (Wildman–Crippen LogP) is 8.80. The second-order valence-corrected chi connectivity index (χ2v) is 18.4. The number of aliphatic hydroxyl groups excluding tert-OH is 1. The van der Waals surface area contributed by atoms with Gasteiger partial charge in [-0.1, -0.05) is 32.9 Å². The number of hydrogen-bond donors (Lipinski definition) is 1. The molecular formula is C41H53NO4. The standard InChI is InChI=1S/C41H53NO4/c1-20(2)32-35(44)30-29-23(26-19-37(4,5)46-38(6,7)31(26)34(29)43)18-24-25-17-22-11-12-27-39(8)15-13-21(3)45-28(39)14-16-40(27,9)41(22,10)36(25)42(32)33(24)30/h18-19,21-22,27-28,31-32,34,43H,1,11-17H2,2-10H3/t21?,22?,27?,28-,31?,32-,34+,39-,40-,41?/m0/s1. The van der Waals surface area contributed by atoms with Gasteiger partial charge in [-0.05, 0) is 138 Å². The van der Waals surface area contributed by atoms with E-state index in [4.69, 9.17) is 9.47 Å². The number of fused-ring (bicyclic) bond motifs is 13. The predicted molar refractivity (Wildman–Crippen MR) is 182 cm³/mol. The Balaban J connectivity index is 1.30. The molecule has 4 heterocycles. The van der Waals surface area contributed by atoms with Crippen molar-refractivity contribution in [2.24, 2.45) is 28.6 Å². The van der Waals surface area contributed by atoms with Crippen LogP contribution in [0.3, 0.4) is 0 Å². The van der Waals surface area contributed by atoms with E-state index >= 15 is 0 Å². The van der Waals surface area contributed by atoms with E-state index in [1.165, 1.54) is 35.9 Å². The Labute approximate surface area is 274 Å². The van der Waals surface area contributed by atoms with Gasteiger partial charge in [-0.15, -0.1) is 0 Å². The van der Waals surface area contributed by atoms with Crippen LogP contribution in [0.2, 0.25) is 0 Å². The summed E-state index contributed by atoms with van der Waals surface area (Å²) in [5.41, 5.74) is 7.74. The quantitative estimate of drug-likeness (QED) is 0.323. The zero-order chi connectivity index (χ0) is 32.7. The van der Waals surface area contributed by atoms with Gasteiger partial charge in [0.1, 0.15) is 6.04 Å². The summed E-state index contributed by atoms with van der Waals surface area (Å²) in [6.45, 7) is 24.8. The van der Waals surface area contributed by atoms with E-state index in [0.717, 1.165) is 59.0 Å². The van der Waals surface area contributed by atoms with Gasteiger partial charge < -0.3 is 19.1 Å². The number of rotatable bonds is 1. The normalized spacial score (nSPS) is 44.2. The summed E-state index contributed by atoms with van der Waals surface area (Å²) in [7, 11) is 0. The average molecular weight is 624 g/mol. The van der Waals surface area contributed by atoms with Gasteiger partial charge in [-0.3, -0.25) is 4.79 Å². The third kappa shape index (κ3) is 3.23. The largest absolute Gasteiger partial charge is 0.388 e. The van der Waals surface area contributed by atoms with Gasteiger partial charge in [0.25, 0.3) is 0 Å². The smallest absolute Gasteiger partial charge is 0.192 e. The molecule has 3 aliphatic heterocycles. The van der Waals surface area contributed by atoms with Crippen molar-refractivity contribution in [3.8, 4) is 0 Å². The second-order valence-electron chi connectivity index (χ2n) is 18.4. The van der Waals surface area contributed by atoms with E-state index in [-0.39, 0.29) is 27.9 Å². The lowest BCUT2D eigenvalue weighted by Crippen LogP contribution is -2.64. The molecular weight excluding hydrogens is 570 g/mol. The highest BCUT2D eigenvalue weighted by molar-refractivity contribution is 6.18. The lowest BCUT2D eigenvalue weighted by atomic mass is 9.40. The summed E-state index contributed by atoms with van der Waals surface area (Å²) in [4.78, 5) is 14.8. The maximum atomic E-state index is 14.8. The van der Waals surface area contributed by atoms with Crippen LogP contribution >= 0.6 is 0 Å². The molecule has 5 heteroatoms. The van der Waals surface area contributed by atoms with Crippen molar-refractivity contribution in [1.82, 2.24) is 4.57 Å². The van der Waals surface area contributed by atoms with Crippen LogP contribution in [0.25, 0.3) is 16.5 Å². The Morgan fingerprint density at radius 1 is 1.04 bits per heavy atom. The highest BCUT2D eigenvalue weighted by Gasteiger charge is 2.68. The first-order chi connectivity index (χ1) is 21.5. The van der Waals surface area contributed by atoms with Crippen molar-refractivity contribution in [2.45, 2.75) is 148 Å². The third-order valence-corrected chi connectivity index (χ3v) is 15.2. The van der Waals surface area contributed by atoms with Gasteiger partial charge in [0.15, 0.2) is 5.78 Å². The fourth-order valence-corrected chi connectivity index (χ4v) is 13.4.